The van der Waals surface area contributed by atoms with Gasteiger partial charge >= 0.3 is 0 Å². The number of benzene rings is 1. The van der Waals surface area contributed by atoms with Crippen molar-refractivity contribution in [3.05, 3.63) is 71.3 Å². The monoisotopic (exact) mass is 633 g/mol. The molecule has 0 aliphatic heterocycles. The Labute approximate surface area is 277 Å². The van der Waals surface area contributed by atoms with Gasteiger partial charge < -0.3 is 11.1 Å². The maximum absolute atomic E-state index is 12.4. The van der Waals surface area contributed by atoms with Gasteiger partial charge in [0.25, 0.3) is 0 Å². The van der Waals surface area contributed by atoms with E-state index in [1.54, 1.807) is 7.05 Å². The van der Waals surface area contributed by atoms with Crippen LogP contribution in [0.5, 0.6) is 0 Å². The molecule has 3 rings (SSSR count). The van der Waals surface area contributed by atoms with Gasteiger partial charge in [-0.05, 0) is 86.9 Å². The Morgan fingerprint density at radius 3 is 2.26 bits per heavy atom. The summed E-state index contributed by atoms with van der Waals surface area (Å²) >= 11 is 0. The van der Waals surface area contributed by atoms with Crippen LogP contribution in [0.15, 0.2) is 75.9 Å². The average Bonchev–Trinajstić information content (AvgIpc) is 3.26. The maximum Gasteiger partial charge on any atom is 0.168 e. The SMILES string of the molecule is CN(C(CCC(C)(C)C)C1=CC=C(C=O)CC=C1)C1(/N=C(\C=O)c2ccccc2)CCC(C(C)(C)C)CC1.CNC/C(N)=N/NN. The number of allylic oxidation sites excluding steroid dienone is 4. The molecule has 1 atom stereocenters. The summed E-state index contributed by atoms with van der Waals surface area (Å²) in [7, 11) is 3.98. The maximum atomic E-state index is 12.4. The van der Waals surface area contributed by atoms with Crippen LogP contribution in [0.2, 0.25) is 0 Å². The average molecular weight is 634 g/mol. The molecule has 0 bridgehead atoms. The van der Waals surface area contributed by atoms with Crippen LogP contribution in [0.1, 0.15) is 92.1 Å². The number of hydrazone groups is 1. The molecule has 1 unspecified atom stereocenters. The standard InChI is InChI=1S/C34H48N2O2.C3H11N5/c1-32(2,3)21-20-31(28-15-11-12-26(24-37)16-17-28)36(7)34(22-18-29(19-23-34)33(4,5)6)35-30(25-38)27-13-9-8-10-14-27;1-6-2-3(4)7-8-5/h8-11,13-17,24-25,29,31H,12,18-23H2,1-7H3;6,8H,2,5H2,1H3,(H2,4,7)/b35-30+;. The van der Waals surface area contributed by atoms with Crippen LogP contribution in [0, 0.1) is 16.7 Å². The molecule has 2 aliphatic carbocycles. The van der Waals surface area contributed by atoms with Crippen molar-refractivity contribution in [1.29, 1.82) is 0 Å². The number of nitrogens with one attached hydrogen (secondary N) is 2. The van der Waals surface area contributed by atoms with Crippen molar-refractivity contribution in [2.24, 2.45) is 38.4 Å². The third kappa shape index (κ3) is 12.1. The van der Waals surface area contributed by atoms with E-state index >= 15 is 0 Å². The van der Waals surface area contributed by atoms with Crippen LogP contribution < -0.4 is 22.4 Å². The molecule has 0 saturated heterocycles. The Balaban J connectivity index is 0.000000812. The number of carbonyl (C=O) groups is 2. The van der Waals surface area contributed by atoms with Crippen molar-refractivity contribution >= 4 is 24.1 Å². The summed E-state index contributed by atoms with van der Waals surface area (Å²) in [5.41, 5.74) is 10.7. The largest absolute Gasteiger partial charge is 0.385 e. The summed E-state index contributed by atoms with van der Waals surface area (Å²) in [6, 6.07) is 9.96. The van der Waals surface area contributed by atoms with Gasteiger partial charge in [0, 0.05) is 11.6 Å². The fourth-order valence-corrected chi connectivity index (χ4v) is 6.20. The molecule has 1 aromatic carbocycles. The second kappa shape index (κ2) is 18.1. The van der Waals surface area contributed by atoms with Crippen LogP contribution in [-0.4, -0.2) is 61.4 Å². The summed E-state index contributed by atoms with van der Waals surface area (Å²) in [4.78, 5) is 31.7. The number of rotatable bonds is 12. The summed E-state index contributed by atoms with van der Waals surface area (Å²) in [5, 5.41) is 6.27. The zero-order valence-electron chi connectivity index (χ0n) is 29.5. The molecule has 46 heavy (non-hydrogen) atoms. The van der Waals surface area contributed by atoms with Gasteiger partial charge in [-0.1, -0.05) is 96.2 Å². The minimum Gasteiger partial charge on any atom is -0.385 e. The van der Waals surface area contributed by atoms with Crippen LogP contribution >= 0.6 is 0 Å². The molecule has 1 fully saturated rings. The quantitative estimate of drug-likeness (QED) is 0.0763. The molecule has 0 heterocycles. The normalized spacial score (nSPS) is 21.7. The van der Waals surface area contributed by atoms with E-state index in [4.69, 9.17) is 16.6 Å². The molecule has 0 spiro atoms. The number of nitrogens with zero attached hydrogens (tertiary/aromatic N) is 3. The summed E-state index contributed by atoms with van der Waals surface area (Å²) in [6.45, 7) is 14.4. The highest BCUT2D eigenvalue weighted by atomic mass is 16.1. The first-order valence-electron chi connectivity index (χ1n) is 16.5. The molecular weight excluding hydrogens is 574 g/mol. The molecule has 1 saturated carbocycles. The minimum absolute atomic E-state index is 0.117. The van der Waals surface area contributed by atoms with Crippen LogP contribution in [0.4, 0.5) is 0 Å². The van der Waals surface area contributed by atoms with Crippen LogP contribution in [-0.2, 0) is 9.59 Å². The number of carbonyl (C=O) groups excluding carboxylic acids is 2. The number of likely N-dealkylation sites (N-methyl/N-ethyl adjacent to an activating group) is 2. The first-order chi connectivity index (χ1) is 21.7. The molecule has 1 aromatic rings. The lowest BCUT2D eigenvalue weighted by atomic mass is 9.69. The van der Waals surface area contributed by atoms with Gasteiger partial charge in [-0.2, -0.15) is 5.10 Å². The minimum atomic E-state index is -0.478. The Hall–Kier alpha value is -3.40. The highest BCUT2D eigenvalue weighted by molar-refractivity contribution is 6.36. The number of nitrogens with two attached hydrogens (primary N) is 2. The van der Waals surface area contributed by atoms with Crippen LogP contribution in [0.25, 0.3) is 0 Å². The predicted molar refractivity (Wildman–Crippen MR) is 192 cm³/mol. The highest BCUT2D eigenvalue weighted by Crippen LogP contribution is 2.46. The van der Waals surface area contributed by atoms with Crippen molar-refractivity contribution in [1.82, 2.24) is 15.8 Å². The third-order valence-corrected chi connectivity index (χ3v) is 9.07. The number of hydrogen-bond acceptors (Lipinski definition) is 8. The van der Waals surface area contributed by atoms with E-state index < -0.39 is 5.66 Å². The topological polar surface area (TPSA) is 138 Å². The molecule has 6 N–H and O–H groups in total. The van der Waals surface area contributed by atoms with Crippen molar-refractivity contribution in [2.45, 2.75) is 98.2 Å². The fraction of sp³-hybridized carbons (Fsp3) is 0.568. The molecule has 9 heteroatoms. The van der Waals surface area contributed by atoms with E-state index in [0.29, 0.717) is 30.4 Å². The van der Waals surface area contributed by atoms with E-state index in [1.807, 2.05) is 36.4 Å². The Kier molecular flexibility index (Phi) is 15.2. The van der Waals surface area contributed by atoms with Crippen molar-refractivity contribution in [3.63, 3.8) is 0 Å². The smallest absolute Gasteiger partial charge is 0.168 e. The lowest BCUT2D eigenvalue weighted by Crippen LogP contribution is -2.54. The Bertz CT molecular complexity index is 1260. The first kappa shape index (κ1) is 38.8. The van der Waals surface area contributed by atoms with Crippen LogP contribution in [0.3, 0.4) is 0 Å². The molecule has 0 amide bonds. The van der Waals surface area contributed by atoms with Gasteiger partial charge in [0.1, 0.15) is 23.5 Å². The van der Waals surface area contributed by atoms with E-state index in [-0.39, 0.29) is 16.9 Å². The summed E-state index contributed by atoms with van der Waals surface area (Å²) in [6.07, 6.45) is 16.9. The molecule has 0 aromatic heterocycles. The summed E-state index contributed by atoms with van der Waals surface area (Å²) < 4.78 is 0. The Morgan fingerprint density at radius 1 is 1.09 bits per heavy atom. The highest BCUT2D eigenvalue weighted by Gasteiger charge is 2.44. The molecule has 254 valence electrons. The van der Waals surface area contributed by atoms with E-state index in [9.17, 15) is 9.59 Å². The molecular formula is C37H59N7O2. The van der Waals surface area contributed by atoms with E-state index in [1.165, 1.54) is 5.57 Å². The zero-order valence-corrected chi connectivity index (χ0v) is 29.5. The number of hydrazine groups is 1. The van der Waals surface area contributed by atoms with Gasteiger partial charge in [0.05, 0.1) is 6.54 Å². The summed E-state index contributed by atoms with van der Waals surface area (Å²) in [5.74, 6) is 5.88. The second-order valence-corrected chi connectivity index (χ2v) is 14.7. The van der Waals surface area contributed by atoms with Gasteiger partial charge in [-0.3, -0.25) is 19.5 Å². The zero-order chi connectivity index (χ0) is 34.4. The van der Waals surface area contributed by atoms with Crippen molar-refractivity contribution in [2.75, 3.05) is 20.6 Å². The lowest BCUT2D eigenvalue weighted by molar-refractivity contribution is -0.105. The van der Waals surface area contributed by atoms with Crippen molar-refractivity contribution < 1.29 is 9.59 Å². The van der Waals surface area contributed by atoms with Gasteiger partial charge in [-0.25, -0.2) is 11.4 Å². The van der Waals surface area contributed by atoms with Gasteiger partial charge in [0.2, 0.25) is 0 Å². The molecule has 9 nitrogen and oxygen atoms in total. The number of aliphatic imine (C=N–C) groups is 1. The number of amidine groups is 1. The van der Waals surface area contributed by atoms with E-state index in [0.717, 1.165) is 62.2 Å². The molecule has 2 aliphatic rings. The predicted octanol–water partition coefficient (Wildman–Crippen LogP) is 5.69. The van der Waals surface area contributed by atoms with E-state index in [2.05, 4.69) is 87.7 Å². The fourth-order valence-electron chi connectivity index (χ4n) is 6.20. The first-order valence-corrected chi connectivity index (χ1v) is 16.5. The molecule has 0 radical (unpaired) electrons. The number of aldehydes is 2. The van der Waals surface area contributed by atoms with Crippen molar-refractivity contribution in [3.8, 4) is 0 Å². The van der Waals surface area contributed by atoms with Gasteiger partial charge in [-0.15, -0.1) is 0 Å². The third-order valence-electron chi connectivity index (χ3n) is 9.07. The van der Waals surface area contributed by atoms with Gasteiger partial charge in [0.15, 0.2) is 6.29 Å². The Morgan fingerprint density at radius 2 is 1.74 bits per heavy atom. The second-order valence-electron chi connectivity index (χ2n) is 14.7. The lowest BCUT2D eigenvalue weighted by Gasteiger charge is -2.49. The number of hydrogen-bond donors (Lipinski definition) is 4.